The first-order valence-corrected chi connectivity index (χ1v) is 13.0. The lowest BCUT2D eigenvalue weighted by Gasteiger charge is -2.47. The third-order valence-corrected chi connectivity index (χ3v) is 8.72. The van der Waals surface area contributed by atoms with E-state index < -0.39 is 10.0 Å². The summed E-state index contributed by atoms with van der Waals surface area (Å²) in [6.07, 6.45) is 1.52. The summed E-state index contributed by atoms with van der Waals surface area (Å²) in [5.74, 6) is -0.129. The molecule has 8 nitrogen and oxygen atoms in total. The Labute approximate surface area is 205 Å². The van der Waals surface area contributed by atoms with E-state index >= 15 is 0 Å². The number of carbonyl (C=O) groups is 1. The van der Waals surface area contributed by atoms with Gasteiger partial charge in [0.05, 0.1) is 27.1 Å². The zero-order valence-electron chi connectivity index (χ0n) is 19.2. The quantitative estimate of drug-likeness (QED) is 0.653. The normalized spacial score (nSPS) is 18.2. The third kappa shape index (κ3) is 4.91. The highest BCUT2D eigenvalue weighted by molar-refractivity contribution is 7.89. The number of carbonyl (C=O) groups excluding carboxylic acids is 1. The fourth-order valence-corrected chi connectivity index (χ4v) is 6.40. The molecule has 2 heterocycles. The molecule has 0 bridgehead atoms. The molecule has 1 N–H and O–H groups in total. The molecular formula is C24H28ClN5O3S. The number of benzene rings is 2. The second-order valence-electron chi connectivity index (χ2n) is 8.93. The lowest BCUT2D eigenvalue weighted by atomic mass is 9.98. The Morgan fingerprint density at radius 1 is 1.15 bits per heavy atom. The van der Waals surface area contributed by atoms with E-state index in [0.717, 1.165) is 31.6 Å². The molecule has 10 heteroatoms. The van der Waals surface area contributed by atoms with Gasteiger partial charge in [-0.15, -0.1) is 0 Å². The average molecular weight is 502 g/mol. The van der Waals surface area contributed by atoms with Crippen LogP contribution in [0.2, 0.25) is 5.02 Å². The van der Waals surface area contributed by atoms with E-state index in [2.05, 4.69) is 10.2 Å². The molecule has 0 aromatic heterocycles. The summed E-state index contributed by atoms with van der Waals surface area (Å²) in [7, 11) is -0.286. The van der Waals surface area contributed by atoms with Crippen molar-refractivity contribution in [1.29, 1.82) is 5.26 Å². The molecule has 34 heavy (non-hydrogen) atoms. The largest absolute Gasteiger partial charge is 0.380 e. The van der Waals surface area contributed by atoms with Crippen LogP contribution in [0.5, 0.6) is 0 Å². The van der Waals surface area contributed by atoms with Gasteiger partial charge in [0, 0.05) is 52.0 Å². The average Bonchev–Trinajstić information content (AvgIpc) is 2.80. The molecule has 4 rings (SSSR count). The molecule has 0 atom stereocenters. The van der Waals surface area contributed by atoms with Crippen LogP contribution in [0.3, 0.4) is 0 Å². The molecule has 1 amide bonds. The van der Waals surface area contributed by atoms with E-state index in [1.54, 1.807) is 38.4 Å². The maximum atomic E-state index is 13.0. The Kier molecular flexibility index (Phi) is 7.14. The molecular weight excluding hydrogens is 474 g/mol. The first-order chi connectivity index (χ1) is 16.2. The van der Waals surface area contributed by atoms with Gasteiger partial charge in [-0.3, -0.25) is 9.69 Å². The van der Waals surface area contributed by atoms with Crippen molar-refractivity contribution in [3.05, 3.63) is 58.6 Å². The summed E-state index contributed by atoms with van der Waals surface area (Å²) in [4.78, 5) is 16.1. The minimum atomic E-state index is -3.67. The minimum absolute atomic E-state index is 0.0844. The number of piperidine rings is 1. The van der Waals surface area contributed by atoms with E-state index in [0.29, 0.717) is 29.7 Å². The van der Waals surface area contributed by atoms with Crippen LogP contribution in [0.4, 0.5) is 5.69 Å². The summed E-state index contributed by atoms with van der Waals surface area (Å²) >= 11 is 6.31. The third-order valence-electron chi connectivity index (χ3n) is 6.45. The number of halogens is 1. The number of nitrogens with zero attached hydrogens (tertiary/aromatic N) is 4. The minimum Gasteiger partial charge on any atom is -0.380 e. The summed E-state index contributed by atoms with van der Waals surface area (Å²) in [6.45, 7) is 2.62. The van der Waals surface area contributed by atoms with Crippen LogP contribution >= 0.6 is 11.6 Å². The fourth-order valence-electron chi connectivity index (χ4n) is 4.53. The van der Waals surface area contributed by atoms with E-state index in [9.17, 15) is 18.5 Å². The molecule has 2 fully saturated rings. The SMILES string of the molecule is CN(C)C(=O)c1ccc(NC2CN(C3CCN(S(=O)(=O)c4ccccc4C#N)CC3)C2)cc1Cl. The highest BCUT2D eigenvalue weighted by atomic mass is 35.5. The molecule has 2 aromatic rings. The Hall–Kier alpha value is -2.64. The molecule has 0 spiro atoms. The summed E-state index contributed by atoms with van der Waals surface area (Å²) in [6, 6.07) is 14.3. The predicted molar refractivity (Wildman–Crippen MR) is 131 cm³/mol. The molecule has 180 valence electrons. The van der Waals surface area contributed by atoms with Crippen LogP contribution in [0.15, 0.2) is 47.4 Å². The molecule has 2 aromatic carbocycles. The van der Waals surface area contributed by atoms with Gasteiger partial charge in [0.2, 0.25) is 10.0 Å². The van der Waals surface area contributed by atoms with Gasteiger partial charge in [0.15, 0.2) is 0 Å². The monoisotopic (exact) mass is 501 g/mol. The van der Waals surface area contributed by atoms with Crippen LogP contribution in [0.25, 0.3) is 0 Å². The van der Waals surface area contributed by atoms with Crippen LogP contribution in [0.1, 0.15) is 28.8 Å². The molecule has 0 radical (unpaired) electrons. The second-order valence-corrected chi connectivity index (χ2v) is 11.2. The number of nitriles is 1. The van der Waals surface area contributed by atoms with Crippen molar-refractivity contribution in [1.82, 2.24) is 14.1 Å². The highest BCUT2D eigenvalue weighted by Crippen LogP contribution is 2.29. The molecule has 2 saturated heterocycles. The summed E-state index contributed by atoms with van der Waals surface area (Å²) in [5, 5.41) is 13.2. The summed E-state index contributed by atoms with van der Waals surface area (Å²) < 4.78 is 27.6. The van der Waals surface area contributed by atoms with Crippen LogP contribution in [-0.4, -0.2) is 80.8 Å². The molecule has 0 saturated carbocycles. The number of hydrogen-bond acceptors (Lipinski definition) is 6. The van der Waals surface area contributed by atoms with Crippen LogP contribution in [-0.2, 0) is 10.0 Å². The van der Waals surface area contributed by atoms with E-state index in [-0.39, 0.29) is 22.4 Å². The van der Waals surface area contributed by atoms with Gasteiger partial charge in [0.25, 0.3) is 5.91 Å². The first kappa shape index (κ1) is 24.5. The molecule has 2 aliphatic rings. The lowest BCUT2D eigenvalue weighted by molar-refractivity contribution is 0.0705. The zero-order chi connectivity index (χ0) is 24.5. The Bertz CT molecular complexity index is 1210. The smallest absolute Gasteiger partial charge is 0.254 e. The van der Waals surface area contributed by atoms with Crippen molar-refractivity contribution in [2.75, 3.05) is 45.6 Å². The van der Waals surface area contributed by atoms with Crippen molar-refractivity contribution < 1.29 is 13.2 Å². The van der Waals surface area contributed by atoms with Gasteiger partial charge in [0.1, 0.15) is 6.07 Å². The maximum absolute atomic E-state index is 13.0. The number of rotatable bonds is 6. The van der Waals surface area contributed by atoms with E-state index in [1.165, 1.54) is 21.3 Å². The van der Waals surface area contributed by atoms with Crippen molar-refractivity contribution in [2.45, 2.75) is 29.8 Å². The van der Waals surface area contributed by atoms with Gasteiger partial charge in [-0.2, -0.15) is 9.57 Å². The van der Waals surface area contributed by atoms with Crippen LogP contribution in [0, 0.1) is 11.3 Å². The Morgan fingerprint density at radius 3 is 2.44 bits per heavy atom. The van der Waals surface area contributed by atoms with Crippen LogP contribution < -0.4 is 5.32 Å². The van der Waals surface area contributed by atoms with Crippen molar-refractivity contribution in [3.8, 4) is 6.07 Å². The van der Waals surface area contributed by atoms with Gasteiger partial charge < -0.3 is 10.2 Å². The number of amides is 1. The second kappa shape index (κ2) is 9.92. The highest BCUT2D eigenvalue weighted by Gasteiger charge is 2.37. The van der Waals surface area contributed by atoms with E-state index in [1.807, 2.05) is 12.1 Å². The Balaban J connectivity index is 1.29. The number of nitrogens with one attached hydrogen (secondary N) is 1. The standard InChI is InChI=1S/C24H28ClN5O3S/c1-28(2)24(31)21-8-7-18(13-22(21)25)27-19-15-29(16-19)20-9-11-30(12-10-20)34(32,33)23-6-4-3-5-17(23)14-26/h3-8,13,19-20,27H,9-12,15-16H2,1-2H3. The zero-order valence-corrected chi connectivity index (χ0v) is 20.8. The van der Waals surface area contributed by atoms with Gasteiger partial charge in [-0.05, 0) is 43.2 Å². The number of hydrogen-bond donors (Lipinski definition) is 1. The van der Waals surface area contributed by atoms with Crippen molar-refractivity contribution in [2.24, 2.45) is 0 Å². The van der Waals surface area contributed by atoms with Gasteiger partial charge in [-0.1, -0.05) is 23.7 Å². The van der Waals surface area contributed by atoms with Crippen molar-refractivity contribution >= 4 is 33.2 Å². The topological polar surface area (TPSA) is 96.8 Å². The van der Waals surface area contributed by atoms with Gasteiger partial charge in [-0.25, -0.2) is 8.42 Å². The number of sulfonamides is 1. The first-order valence-electron chi connectivity index (χ1n) is 11.2. The lowest BCUT2D eigenvalue weighted by Crippen LogP contribution is -2.60. The number of likely N-dealkylation sites (tertiary alicyclic amines) is 1. The summed E-state index contributed by atoms with van der Waals surface area (Å²) in [5.41, 5.74) is 1.54. The van der Waals surface area contributed by atoms with E-state index in [4.69, 9.17) is 11.6 Å². The molecule has 2 aliphatic heterocycles. The molecule has 0 unspecified atom stereocenters. The fraction of sp³-hybridized carbons (Fsp3) is 0.417. The predicted octanol–water partition coefficient (Wildman–Crippen LogP) is 2.86. The maximum Gasteiger partial charge on any atom is 0.254 e. The number of anilines is 1. The molecule has 0 aliphatic carbocycles. The van der Waals surface area contributed by atoms with Gasteiger partial charge >= 0.3 is 0 Å². The Morgan fingerprint density at radius 2 is 1.82 bits per heavy atom. The van der Waals surface area contributed by atoms with Crippen molar-refractivity contribution in [3.63, 3.8) is 0 Å².